The fourth-order valence-corrected chi connectivity index (χ4v) is 2.55. The molecule has 2 nitrogen and oxygen atoms in total. The second-order valence-electron chi connectivity index (χ2n) is 6.77. The molecule has 1 fully saturated rings. The van der Waals surface area contributed by atoms with Crippen molar-refractivity contribution in [3.05, 3.63) is 0 Å². The van der Waals surface area contributed by atoms with Gasteiger partial charge in [0, 0.05) is 6.54 Å². The van der Waals surface area contributed by atoms with Gasteiger partial charge >= 0.3 is 0 Å². The van der Waals surface area contributed by atoms with Crippen LogP contribution in [0.2, 0.25) is 0 Å². The molecule has 1 rings (SSSR count). The highest BCUT2D eigenvalue weighted by molar-refractivity contribution is 4.83. The largest absolute Gasteiger partial charge is 0.389 e. The maximum atomic E-state index is 10.1. The smallest absolute Gasteiger partial charge is 0.0743 e. The monoisotopic (exact) mass is 227 g/mol. The third kappa shape index (κ3) is 4.06. The van der Waals surface area contributed by atoms with Crippen molar-refractivity contribution >= 4 is 0 Å². The molecule has 1 heterocycles. The minimum absolute atomic E-state index is 0.444. The van der Waals surface area contributed by atoms with E-state index in [1.807, 2.05) is 6.92 Å². The van der Waals surface area contributed by atoms with E-state index >= 15 is 0 Å². The van der Waals surface area contributed by atoms with Crippen LogP contribution in [0.4, 0.5) is 0 Å². The Morgan fingerprint density at radius 1 is 1.12 bits per heavy atom. The lowest BCUT2D eigenvalue weighted by Gasteiger charge is -2.40. The summed E-state index contributed by atoms with van der Waals surface area (Å²) in [5, 5.41) is 10.1. The lowest BCUT2D eigenvalue weighted by molar-refractivity contribution is -0.000483. The molecule has 0 aliphatic carbocycles. The maximum absolute atomic E-state index is 10.1. The SMILES string of the molecule is CCC(C)(O)CN1CCC(C(C)(C)C)CC1. The highest BCUT2D eigenvalue weighted by Crippen LogP contribution is 2.34. The van der Waals surface area contributed by atoms with Gasteiger partial charge in [-0.1, -0.05) is 27.7 Å². The first-order valence-electron chi connectivity index (χ1n) is 6.69. The van der Waals surface area contributed by atoms with E-state index in [-0.39, 0.29) is 0 Å². The summed E-state index contributed by atoms with van der Waals surface area (Å²) in [5.41, 5.74) is -0.0616. The van der Waals surface area contributed by atoms with Crippen molar-refractivity contribution in [2.45, 2.75) is 59.5 Å². The summed E-state index contributed by atoms with van der Waals surface area (Å²) in [6.07, 6.45) is 3.40. The van der Waals surface area contributed by atoms with Crippen LogP contribution in [0.15, 0.2) is 0 Å². The first-order chi connectivity index (χ1) is 7.24. The Morgan fingerprint density at radius 2 is 1.62 bits per heavy atom. The van der Waals surface area contributed by atoms with Crippen molar-refractivity contribution in [2.75, 3.05) is 19.6 Å². The van der Waals surface area contributed by atoms with Crippen LogP contribution in [0.25, 0.3) is 0 Å². The topological polar surface area (TPSA) is 23.5 Å². The molecule has 1 N–H and O–H groups in total. The van der Waals surface area contributed by atoms with Gasteiger partial charge in [-0.3, -0.25) is 0 Å². The Hall–Kier alpha value is -0.0800. The van der Waals surface area contributed by atoms with E-state index in [0.29, 0.717) is 5.41 Å². The summed E-state index contributed by atoms with van der Waals surface area (Å²) >= 11 is 0. The van der Waals surface area contributed by atoms with Gasteiger partial charge in [0.05, 0.1) is 5.60 Å². The third-order valence-corrected chi connectivity index (χ3v) is 4.14. The summed E-state index contributed by atoms with van der Waals surface area (Å²) in [7, 11) is 0. The number of β-amino-alcohol motifs (C(OH)–C–C–N with tert-alkyl or cyclic N) is 1. The highest BCUT2D eigenvalue weighted by atomic mass is 16.3. The Bertz CT molecular complexity index is 209. The first kappa shape index (κ1) is 14.0. The van der Waals surface area contributed by atoms with Gasteiger partial charge in [-0.2, -0.15) is 0 Å². The molecule has 2 heteroatoms. The molecule has 0 saturated carbocycles. The molecule has 0 radical (unpaired) electrons. The number of rotatable bonds is 3. The van der Waals surface area contributed by atoms with Gasteiger partial charge in [-0.25, -0.2) is 0 Å². The predicted octanol–water partition coefficient (Wildman–Crippen LogP) is 2.91. The average molecular weight is 227 g/mol. The maximum Gasteiger partial charge on any atom is 0.0743 e. The molecule has 1 aliphatic heterocycles. The number of nitrogens with zero attached hydrogens (tertiary/aromatic N) is 1. The van der Waals surface area contributed by atoms with Crippen LogP contribution in [-0.4, -0.2) is 35.2 Å². The van der Waals surface area contributed by atoms with Crippen LogP contribution in [-0.2, 0) is 0 Å². The molecular weight excluding hydrogens is 198 g/mol. The van der Waals surface area contributed by atoms with Gasteiger partial charge in [0.1, 0.15) is 0 Å². The highest BCUT2D eigenvalue weighted by Gasteiger charge is 2.30. The Kier molecular flexibility index (Phi) is 4.42. The number of hydrogen-bond donors (Lipinski definition) is 1. The molecule has 1 aliphatic rings. The zero-order valence-electron chi connectivity index (χ0n) is 11.7. The first-order valence-corrected chi connectivity index (χ1v) is 6.69. The summed E-state index contributed by atoms with van der Waals surface area (Å²) < 4.78 is 0. The van der Waals surface area contributed by atoms with Crippen molar-refractivity contribution in [3.8, 4) is 0 Å². The molecule has 1 atom stereocenters. The van der Waals surface area contributed by atoms with E-state index in [1.54, 1.807) is 0 Å². The number of likely N-dealkylation sites (tertiary alicyclic amines) is 1. The molecule has 0 bridgehead atoms. The lowest BCUT2D eigenvalue weighted by atomic mass is 9.75. The van der Waals surface area contributed by atoms with Gasteiger partial charge in [-0.05, 0) is 50.6 Å². The fraction of sp³-hybridized carbons (Fsp3) is 1.00. The number of piperidine rings is 1. The van der Waals surface area contributed by atoms with E-state index in [2.05, 4.69) is 32.6 Å². The van der Waals surface area contributed by atoms with Crippen LogP contribution >= 0.6 is 0 Å². The molecular formula is C14H29NO. The summed E-state index contributed by atoms with van der Waals surface area (Å²) in [6.45, 7) is 14.2. The molecule has 0 amide bonds. The van der Waals surface area contributed by atoms with Gasteiger partial charge in [0.25, 0.3) is 0 Å². The van der Waals surface area contributed by atoms with Crippen LogP contribution < -0.4 is 0 Å². The average Bonchev–Trinajstić information content (AvgIpc) is 2.16. The van der Waals surface area contributed by atoms with Crippen molar-refractivity contribution in [1.82, 2.24) is 4.90 Å². The van der Waals surface area contributed by atoms with E-state index in [4.69, 9.17) is 0 Å². The van der Waals surface area contributed by atoms with Gasteiger partial charge in [0.15, 0.2) is 0 Å². The normalized spacial score (nSPS) is 24.4. The van der Waals surface area contributed by atoms with Gasteiger partial charge in [-0.15, -0.1) is 0 Å². The third-order valence-electron chi connectivity index (χ3n) is 4.14. The second-order valence-corrected chi connectivity index (χ2v) is 6.77. The molecule has 0 aromatic rings. The molecule has 1 unspecified atom stereocenters. The van der Waals surface area contributed by atoms with Crippen molar-refractivity contribution in [2.24, 2.45) is 11.3 Å². The molecule has 1 saturated heterocycles. The van der Waals surface area contributed by atoms with E-state index < -0.39 is 5.60 Å². The molecule has 16 heavy (non-hydrogen) atoms. The summed E-state index contributed by atoms with van der Waals surface area (Å²) in [4.78, 5) is 2.42. The number of hydrogen-bond acceptors (Lipinski definition) is 2. The fourth-order valence-electron chi connectivity index (χ4n) is 2.55. The van der Waals surface area contributed by atoms with Crippen LogP contribution in [0, 0.1) is 11.3 Å². The Labute approximate surface area is 101 Å². The van der Waals surface area contributed by atoms with Gasteiger partial charge < -0.3 is 10.0 Å². The molecule has 0 aromatic carbocycles. The Morgan fingerprint density at radius 3 is 2.00 bits per heavy atom. The predicted molar refractivity (Wildman–Crippen MR) is 69.5 cm³/mol. The summed E-state index contributed by atoms with van der Waals surface area (Å²) in [5.74, 6) is 0.843. The second kappa shape index (κ2) is 5.05. The lowest BCUT2D eigenvalue weighted by Crippen LogP contribution is -2.45. The zero-order valence-corrected chi connectivity index (χ0v) is 11.7. The quantitative estimate of drug-likeness (QED) is 0.801. The molecule has 0 aromatic heterocycles. The van der Waals surface area contributed by atoms with Crippen LogP contribution in [0.3, 0.4) is 0 Å². The van der Waals surface area contributed by atoms with Crippen molar-refractivity contribution in [1.29, 1.82) is 0 Å². The molecule has 0 spiro atoms. The van der Waals surface area contributed by atoms with E-state index in [9.17, 15) is 5.11 Å². The minimum atomic E-state index is -0.505. The molecule has 96 valence electrons. The Balaban J connectivity index is 2.38. The summed E-state index contributed by atoms with van der Waals surface area (Å²) in [6, 6.07) is 0. The van der Waals surface area contributed by atoms with Crippen molar-refractivity contribution < 1.29 is 5.11 Å². The zero-order chi connectivity index (χ0) is 12.4. The van der Waals surface area contributed by atoms with E-state index in [1.165, 1.54) is 12.8 Å². The van der Waals surface area contributed by atoms with Gasteiger partial charge in [0.2, 0.25) is 0 Å². The standard InChI is InChI=1S/C14H29NO/c1-6-14(5,16)11-15-9-7-12(8-10-15)13(2,3)4/h12,16H,6-11H2,1-5H3. The van der Waals surface area contributed by atoms with Crippen molar-refractivity contribution in [3.63, 3.8) is 0 Å². The van der Waals surface area contributed by atoms with Crippen LogP contribution in [0.1, 0.15) is 53.9 Å². The van der Waals surface area contributed by atoms with E-state index in [0.717, 1.165) is 32.0 Å². The number of aliphatic hydroxyl groups is 1. The van der Waals surface area contributed by atoms with Crippen LogP contribution in [0.5, 0.6) is 0 Å². The minimum Gasteiger partial charge on any atom is -0.389 e.